The summed E-state index contributed by atoms with van der Waals surface area (Å²) in [6.07, 6.45) is 0. The van der Waals surface area contributed by atoms with E-state index in [4.69, 9.17) is 5.11 Å². The molecule has 0 saturated heterocycles. The Labute approximate surface area is 49.3 Å². The first-order chi connectivity index (χ1) is 1.00. The standard InChI is InChI=1S/CH4O.ClH.Sb/c1-2;;/h2H,1H3;1H;. The van der Waals surface area contributed by atoms with Crippen molar-refractivity contribution >= 4 is 36.8 Å². The summed E-state index contributed by atoms with van der Waals surface area (Å²) in [5, 5.41) is 7.00. The molecule has 1 nitrogen and oxygen atoms in total. The normalized spacial score (nSPS) is 1.50. The van der Waals surface area contributed by atoms with E-state index in [0.29, 0.717) is 0 Å². The van der Waals surface area contributed by atoms with Gasteiger partial charge in [0.2, 0.25) is 0 Å². The van der Waals surface area contributed by atoms with Crippen molar-refractivity contribution in [2.24, 2.45) is 0 Å². The Morgan fingerprint density at radius 1 is 1.25 bits per heavy atom. The number of hydrogen-bond acceptors (Lipinski definition) is 1. The first-order valence-electron chi connectivity index (χ1n) is 0.447. The first-order valence-corrected chi connectivity index (χ1v) is 0.447. The fraction of sp³-hybridized carbons (Fsp3) is 1.00. The van der Waals surface area contributed by atoms with Crippen molar-refractivity contribution in [3.8, 4) is 0 Å². The minimum atomic E-state index is 0. The molecule has 4 heavy (non-hydrogen) atoms. The van der Waals surface area contributed by atoms with Crippen LogP contribution in [0.15, 0.2) is 0 Å². The number of rotatable bonds is 0. The van der Waals surface area contributed by atoms with Crippen LogP contribution in [0.25, 0.3) is 0 Å². The van der Waals surface area contributed by atoms with Crippen LogP contribution in [0.3, 0.4) is 0 Å². The molecule has 0 amide bonds. The SMILES string of the molecule is CO.Cl.[Sb]. The van der Waals surface area contributed by atoms with E-state index in [0.717, 1.165) is 7.11 Å². The van der Waals surface area contributed by atoms with Crippen molar-refractivity contribution in [1.82, 2.24) is 0 Å². The zero-order valence-electron chi connectivity index (χ0n) is 2.30. The molecule has 0 bridgehead atoms. The van der Waals surface area contributed by atoms with Gasteiger partial charge in [0.25, 0.3) is 0 Å². The molecular formula is CH5ClOSb. The van der Waals surface area contributed by atoms with E-state index in [1.54, 1.807) is 0 Å². The van der Waals surface area contributed by atoms with Crippen LogP contribution >= 0.6 is 12.4 Å². The third-order valence-electron chi connectivity index (χ3n) is 0. The Balaban J connectivity index is -0.00000000500. The van der Waals surface area contributed by atoms with E-state index in [1.807, 2.05) is 0 Å². The molecule has 0 aromatic carbocycles. The maximum Gasteiger partial charge on any atom is 0.0319 e. The molecule has 0 heterocycles. The van der Waals surface area contributed by atoms with Crippen LogP contribution in [0.4, 0.5) is 0 Å². The van der Waals surface area contributed by atoms with E-state index in [1.165, 1.54) is 0 Å². The monoisotopic (exact) mass is 189 g/mol. The van der Waals surface area contributed by atoms with Crippen molar-refractivity contribution in [3.05, 3.63) is 0 Å². The van der Waals surface area contributed by atoms with Gasteiger partial charge in [0, 0.05) is 31.5 Å². The number of aliphatic hydroxyl groups excluding tert-OH is 1. The van der Waals surface area contributed by atoms with Gasteiger partial charge in [-0.2, -0.15) is 0 Å². The molecule has 0 spiro atoms. The molecule has 3 radical (unpaired) electrons. The van der Waals surface area contributed by atoms with Gasteiger partial charge in [0.1, 0.15) is 0 Å². The molecule has 3 heteroatoms. The molecule has 0 atom stereocenters. The van der Waals surface area contributed by atoms with Crippen molar-refractivity contribution in [2.45, 2.75) is 0 Å². The molecular weight excluding hydrogens is 185 g/mol. The molecule has 1 N–H and O–H groups in total. The predicted molar refractivity (Wildman–Crippen MR) is 21.1 cm³/mol. The van der Waals surface area contributed by atoms with Gasteiger partial charge in [0.05, 0.1) is 0 Å². The van der Waals surface area contributed by atoms with Crippen molar-refractivity contribution < 1.29 is 5.11 Å². The van der Waals surface area contributed by atoms with Crippen molar-refractivity contribution in [2.75, 3.05) is 7.11 Å². The summed E-state index contributed by atoms with van der Waals surface area (Å²) in [5.41, 5.74) is 0. The molecule has 27 valence electrons. The number of halogens is 1. The molecule has 0 fully saturated rings. The van der Waals surface area contributed by atoms with Gasteiger partial charge in [0.15, 0.2) is 0 Å². The minimum Gasteiger partial charge on any atom is -0.400 e. The van der Waals surface area contributed by atoms with Crippen LogP contribution in [0.1, 0.15) is 0 Å². The average molecular weight is 190 g/mol. The van der Waals surface area contributed by atoms with E-state index >= 15 is 0 Å². The summed E-state index contributed by atoms with van der Waals surface area (Å²) >= 11 is 0. The Kier molecular flexibility index (Phi) is 165. The molecule has 0 aromatic rings. The van der Waals surface area contributed by atoms with Crippen molar-refractivity contribution in [1.29, 1.82) is 0 Å². The minimum absolute atomic E-state index is 0. The smallest absolute Gasteiger partial charge is 0.0319 e. The molecule has 0 saturated carbocycles. The quantitative estimate of drug-likeness (QED) is 0.518. The molecule has 0 rings (SSSR count). The Morgan fingerprint density at radius 2 is 1.25 bits per heavy atom. The van der Waals surface area contributed by atoms with Crippen LogP contribution in [0.2, 0.25) is 0 Å². The van der Waals surface area contributed by atoms with Gasteiger partial charge in [-0.15, -0.1) is 12.4 Å². The van der Waals surface area contributed by atoms with Crippen LogP contribution in [-0.2, 0) is 0 Å². The molecule has 0 unspecified atom stereocenters. The zero-order chi connectivity index (χ0) is 2.00. The van der Waals surface area contributed by atoms with Crippen LogP contribution in [-0.4, -0.2) is 36.6 Å². The topological polar surface area (TPSA) is 20.2 Å². The fourth-order valence-corrected chi connectivity index (χ4v) is 0. The maximum atomic E-state index is 7.00. The summed E-state index contributed by atoms with van der Waals surface area (Å²) in [6, 6.07) is 0. The maximum absolute atomic E-state index is 7.00. The van der Waals surface area contributed by atoms with Crippen LogP contribution in [0.5, 0.6) is 0 Å². The van der Waals surface area contributed by atoms with E-state index in [-0.39, 0.29) is 36.8 Å². The summed E-state index contributed by atoms with van der Waals surface area (Å²) < 4.78 is 0. The van der Waals surface area contributed by atoms with E-state index in [2.05, 4.69) is 0 Å². The summed E-state index contributed by atoms with van der Waals surface area (Å²) in [5.74, 6) is 0. The van der Waals surface area contributed by atoms with Gasteiger partial charge in [-0.25, -0.2) is 0 Å². The summed E-state index contributed by atoms with van der Waals surface area (Å²) in [4.78, 5) is 0. The average Bonchev–Trinajstić information content (AvgIpc) is 1.00. The van der Waals surface area contributed by atoms with Gasteiger partial charge in [-0.3, -0.25) is 0 Å². The fourth-order valence-electron chi connectivity index (χ4n) is 0. The van der Waals surface area contributed by atoms with Gasteiger partial charge < -0.3 is 5.11 Å². The number of aliphatic hydroxyl groups is 1. The van der Waals surface area contributed by atoms with Gasteiger partial charge in [-0.1, -0.05) is 0 Å². The predicted octanol–water partition coefficient (Wildman–Crippen LogP) is -0.351. The summed E-state index contributed by atoms with van der Waals surface area (Å²) in [7, 11) is 1.00. The summed E-state index contributed by atoms with van der Waals surface area (Å²) in [6.45, 7) is 0. The largest absolute Gasteiger partial charge is 0.400 e. The Morgan fingerprint density at radius 3 is 1.25 bits per heavy atom. The molecule has 0 aliphatic carbocycles. The Bertz CT molecular complexity index is 8.00. The Hall–Kier alpha value is 1.07. The van der Waals surface area contributed by atoms with Crippen molar-refractivity contribution in [3.63, 3.8) is 0 Å². The third-order valence-corrected chi connectivity index (χ3v) is 0. The van der Waals surface area contributed by atoms with Crippen LogP contribution in [0, 0.1) is 0 Å². The second-order valence-electron chi connectivity index (χ2n) is 0. The molecule has 0 aliphatic heterocycles. The second kappa shape index (κ2) is 33.6. The van der Waals surface area contributed by atoms with Crippen LogP contribution < -0.4 is 0 Å². The van der Waals surface area contributed by atoms with Gasteiger partial charge in [-0.05, 0) is 0 Å². The third kappa shape index (κ3) is 11.5. The zero-order valence-corrected chi connectivity index (χ0v) is 5.67. The molecule has 0 aromatic heterocycles. The second-order valence-corrected chi connectivity index (χ2v) is 0. The van der Waals surface area contributed by atoms with E-state index < -0.39 is 0 Å². The van der Waals surface area contributed by atoms with Gasteiger partial charge >= 0.3 is 0 Å². The molecule has 0 aliphatic rings. The first kappa shape index (κ1) is 19.6. The number of hydrogen-bond donors (Lipinski definition) is 1. The van der Waals surface area contributed by atoms with E-state index in [9.17, 15) is 0 Å².